The minimum absolute atomic E-state index is 0.147. The average molecular weight is 346 g/mol. The van der Waals surface area contributed by atoms with Crippen molar-refractivity contribution >= 4 is 34.2 Å². The lowest BCUT2D eigenvalue weighted by Gasteiger charge is -2.19. The van der Waals surface area contributed by atoms with Crippen molar-refractivity contribution in [3.63, 3.8) is 0 Å². The van der Waals surface area contributed by atoms with Crippen molar-refractivity contribution in [2.45, 2.75) is 20.8 Å². The predicted octanol–water partition coefficient (Wildman–Crippen LogP) is 2.88. The molecule has 17 heavy (non-hydrogen) atoms. The largest absolute Gasteiger partial charge is 0.376 e. The van der Waals surface area contributed by atoms with Gasteiger partial charge in [0.2, 0.25) is 5.91 Å². The summed E-state index contributed by atoms with van der Waals surface area (Å²) in [5.74, 6) is 0.147. The molecule has 0 bridgehead atoms. The molecule has 0 saturated carbocycles. The van der Waals surface area contributed by atoms with Gasteiger partial charge in [0, 0.05) is 22.3 Å². The second-order valence-corrected chi connectivity index (χ2v) is 5.12. The van der Waals surface area contributed by atoms with Crippen LogP contribution in [0.3, 0.4) is 0 Å². The van der Waals surface area contributed by atoms with Gasteiger partial charge in [0.25, 0.3) is 0 Å². The number of amides is 1. The van der Waals surface area contributed by atoms with Crippen molar-refractivity contribution in [1.82, 2.24) is 4.90 Å². The number of nitrogens with zero attached hydrogens (tertiary/aromatic N) is 1. The normalized spacial score (nSPS) is 10.1. The number of carbonyl (C=O) groups is 1. The van der Waals surface area contributed by atoms with Crippen LogP contribution in [0.4, 0.5) is 5.69 Å². The van der Waals surface area contributed by atoms with E-state index in [4.69, 9.17) is 0 Å². The van der Waals surface area contributed by atoms with Crippen molar-refractivity contribution in [2.75, 3.05) is 25.0 Å². The Kier molecular flexibility index (Phi) is 5.74. The van der Waals surface area contributed by atoms with E-state index in [1.54, 1.807) is 0 Å². The molecule has 1 N–H and O–H groups in total. The van der Waals surface area contributed by atoms with Crippen LogP contribution in [0.25, 0.3) is 0 Å². The highest BCUT2D eigenvalue weighted by Gasteiger charge is 2.09. The maximum atomic E-state index is 11.8. The Morgan fingerprint density at radius 1 is 1.35 bits per heavy atom. The van der Waals surface area contributed by atoms with Crippen molar-refractivity contribution in [3.8, 4) is 0 Å². The molecule has 0 aliphatic carbocycles. The monoisotopic (exact) mass is 346 g/mol. The molecule has 1 aromatic rings. The van der Waals surface area contributed by atoms with Crippen LogP contribution in [0.1, 0.15) is 19.4 Å². The molecule has 0 aliphatic rings. The van der Waals surface area contributed by atoms with E-state index in [-0.39, 0.29) is 5.91 Å². The summed E-state index contributed by atoms with van der Waals surface area (Å²) in [7, 11) is 0. The molecule has 0 fully saturated rings. The zero-order valence-electron chi connectivity index (χ0n) is 10.6. The number of hydrogen-bond acceptors (Lipinski definition) is 2. The number of nitrogens with one attached hydrogen (secondary N) is 1. The third-order valence-electron chi connectivity index (χ3n) is 2.75. The zero-order chi connectivity index (χ0) is 12.8. The van der Waals surface area contributed by atoms with Gasteiger partial charge < -0.3 is 10.2 Å². The lowest BCUT2D eigenvalue weighted by Crippen LogP contribution is -2.35. The van der Waals surface area contributed by atoms with Gasteiger partial charge in [-0.1, -0.05) is 6.07 Å². The van der Waals surface area contributed by atoms with Gasteiger partial charge in [0.05, 0.1) is 6.54 Å². The van der Waals surface area contributed by atoms with Gasteiger partial charge in [-0.3, -0.25) is 4.79 Å². The Morgan fingerprint density at radius 3 is 2.59 bits per heavy atom. The van der Waals surface area contributed by atoms with E-state index >= 15 is 0 Å². The SMILES string of the molecule is CCN(CC)C(=O)CNc1cc(I)ccc1C. The van der Waals surface area contributed by atoms with Crippen molar-refractivity contribution in [3.05, 3.63) is 27.3 Å². The summed E-state index contributed by atoms with van der Waals surface area (Å²) in [5, 5.41) is 3.21. The van der Waals surface area contributed by atoms with E-state index in [0.29, 0.717) is 6.54 Å². The van der Waals surface area contributed by atoms with Crippen LogP contribution in [-0.4, -0.2) is 30.4 Å². The first kappa shape index (κ1) is 14.3. The molecule has 1 amide bonds. The predicted molar refractivity (Wildman–Crippen MR) is 80.3 cm³/mol. The molecular weight excluding hydrogens is 327 g/mol. The second-order valence-electron chi connectivity index (χ2n) is 3.88. The van der Waals surface area contributed by atoms with Gasteiger partial charge in [0.15, 0.2) is 0 Å². The molecule has 0 radical (unpaired) electrons. The zero-order valence-corrected chi connectivity index (χ0v) is 12.7. The molecule has 3 nitrogen and oxygen atoms in total. The fraction of sp³-hybridized carbons (Fsp3) is 0.462. The molecule has 0 saturated heterocycles. The van der Waals surface area contributed by atoms with Crippen LogP contribution in [-0.2, 0) is 4.79 Å². The van der Waals surface area contributed by atoms with Crippen molar-refractivity contribution in [1.29, 1.82) is 0 Å². The fourth-order valence-electron chi connectivity index (χ4n) is 1.64. The number of anilines is 1. The quantitative estimate of drug-likeness (QED) is 0.832. The number of hydrogen-bond donors (Lipinski definition) is 1. The first-order valence-electron chi connectivity index (χ1n) is 5.86. The Balaban J connectivity index is 2.61. The van der Waals surface area contributed by atoms with Crippen LogP contribution in [0.15, 0.2) is 18.2 Å². The summed E-state index contributed by atoms with van der Waals surface area (Å²) in [6.45, 7) is 7.93. The molecule has 1 aromatic carbocycles. The first-order valence-corrected chi connectivity index (χ1v) is 6.94. The molecular formula is C13H19IN2O. The number of rotatable bonds is 5. The maximum Gasteiger partial charge on any atom is 0.241 e. The average Bonchev–Trinajstić information content (AvgIpc) is 2.32. The summed E-state index contributed by atoms with van der Waals surface area (Å²) in [6, 6.07) is 6.19. The van der Waals surface area contributed by atoms with Crippen LogP contribution < -0.4 is 5.32 Å². The van der Waals surface area contributed by atoms with Crippen LogP contribution in [0.2, 0.25) is 0 Å². The van der Waals surface area contributed by atoms with Gasteiger partial charge in [-0.25, -0.2) is 0 Å². The number of carbonyl (C=O) groups excluding carboxylic acids is 1. The summed E-state index contributed by atoms with van der Waals surface area (Å²) in [4.78, 5) is 13.7. The molecule has 0 heterocycles. The van der Waals surface area contributed by atoms with E-state index in [2.05, 4.69) is 46.1 Å². The van der Waals surface area contributed by atoms with Crippen molar-refractivity contribution in [2.24, 2.45) is 0 Å². The van der Waals surface area contributed by atoms with E-state index < -0.39 is 0 Å². The number of benzene rings is 1. The highest BCUT2D eigenvalue weighted by Crippen LogP contribution is 2.17. The van der Waals surface area contributed by atoms with E-state index in [9.17, 15) is 4.79 Å². The van der Waals surface area contributed by atoms with E-state index in [1.165, 1.54) is 3.57 Å². The minimum Gasteiger partial charge on any atom is -0.376 e. The fourth-order valence-corrected chi connectivity index (χ4v) is 2.13. The lowest BCUT2D eigenvalue weighted by atomic mass is 10.2. The van der Waals surface area contributed by atoms with Crippen molar-refractivity contribution < 1.29 is 4.79 Å². The van der Waals surface area contributed by atoms with E-state index in [0.717, 1.165) is 24.3 Å². The Hall–Kier alpha value is -0.780. The maximum absolute atomic E-state index is 11.8. The summed E-state index contributed by atoms with van der Waals surface area (Å²) < 4.78 is 1.17. The Morgan fingerprint density at radius 2 is 2.00 bits per heavy atom. The van der Waals surface area contributed by atoms with Gasteiger partial charge >= 0.3 is 0 Å². The molecule has 0 aliphatic heterocycles. The summed E-state index contributed by atoms with van der Waals surface area (Å²) >= 11 is 2.27. The Labute approximate surface area is 117 Å². The highest BCUT2D eigenvalue weighted by molar-refractivity contribution is 14.1. The number of likely N-dealkylation sites (N-methyl/N-ethyl adjacent to an activating group) is 1. The summed E-state index contributed by atoms with van der Waals surface area (Å²) in [5.41, 5.74) is 2.20. The standard InChI is InChI=1S/C13H19IN2O/c1-4-16(5-2)13(17)9-15-12-8-11(14)7-6-10(12)3/h6-8,15H,4-5,9H2,1-3H3. The first-order chi connectivity index (χ1) is 8.08. The molecule has 0 unspecified atom stereocenters. The molecule has 0 atom stereocenters. The van der Waals surface area contributed by atoms with Gasteiger partial charge in [-0.15, -0.1) is 0 Å². The summed E-state index contributed by atoms with van der Waals surface area (Å²) in [6.07, 6.45) is 0. The van der Waals surface area contributed by atoms with Gasteiger partial charge in [-0.2, -0.15) is 0 Å². The topological polar surface area (TPSA) is 32.3 Å². The van der Waals surface area contributed by atoms with Crippen LogP contribution in [0, 0.1) is 10.5 Å². The smallest absolute Gasteiger partial charge is 0.241 e. The second kappa shape index (κ2) is 6.83. The van der Waals surface area contributed by atoms with Gasteiger partial charge in [0.1, 0.15) is 0 Å². The minimum atomic E-state index is 0.147. The lowest BCUT2D eigenvalue weighted by molar-refractivity contribution is -0.128. The molecule has 1 rings (SSSR count). The molecule has 0 spiro atoms. The number of aryl methyl sites for hydroxylation is 1. The Bertz CT molecular complexity index is 389. The highest BCUT2D eigenvalue weighted by atomic mass is 127. The molecule has 4 heteroatoms. The third-order valence-corrected chi connectivity index (χ3v) is 3.42. The van der Waals surface area contributed by atoms with Crippen LogP contribution in [0.5, 0.6) is 0 Å². The number of halogens is 1. The third kappa shape index (κ3) is 4.18. The molecule has 0 aromatic heterocycles. The van der Waals surface area contributed by atoms with Crippen LogP contribution >= 0.6 is 22.6 Å². The van der Waals surface area contributed by atoms with Gasteiger partial charge in [-0.05, 0) is 61.1 Å². The van der Waals surface area contributed by atoms with E-state index in [1.807, 2.05) is 25.7 Å². The molecule has 94 valence electrons.